The van der Waals surface area contributed by atoms with E-state index in [4.69, 9.17) is 9.57 Å². The average molecular weight is 472 g/mol. The van der Waals surface area contributed by atoms with Crippen LogP contribution in [-0.4, -0.2) is 37.2 Å². The average Bonchev–Trinajstić information content (AvgIpc) is 3.22. The number of piperidine rings is 1. The van der Waals surface area contributed by atoms with Gasteiger partial charge in [0.2, 0.25) is 5.91 Å². The maximum atomic E-state index is 12.6. The third kappa shape index (κ3) is 5.43. The lowest BCUT2D eigenvalue weighted by Crippen LogP contribution is -2.54. The summed E-state index contributed by atoms with van der Waals surface area (Å²) in [4.78, 5) is 30.6. The molecule has 1 aliphatic heterocycles. The first-order valence-electron chi connectivity index (χ1n) is 12.0. The Morgan fingerprint density at radius 2 is 1.51 bits per heavy atom. The Morgan fingerprint density at radius 1 is 0.857 bits per heavy atom. The summed E-state index contributed by atoms with van der Waals surface area (Å²) in [6.45, 7) is 1.22. The molecule has 3 aromatic carbocycles. The predicted octanol–water partition coefficient (Wildman–Crippen LogP) is 3.89. The minimum atomic E-state index is -0.717. The molecule has 0 aromatic heterocycles. The molecule has 1 saturated heterocycles. The van der Waals surface area contributed by atoms with Crippen molar-refractivity contribution in [2.45, 2.75) is 37.5 Å². The maximum Gasteiger partial charge on any atom is 0.413 e. The molecule has 0 saturated carbocycles. The zero-order valence-electron chi connectivity index (χ0n) is 19.4. The van der Waals surface area contributed by atoms with Crippen LogP contribution < -0.4 is 16.1 Å². The van der Waals surface area contributed by atoms with Gasteiger partial charge in [0.1, 0.15) is 6.61 Å². The van der Waals surface area contributed by atoms with E-state index in [2.05, 4.69) is 40.4 Å². The number of carbonyl (C=O) groups is 2. The Bertz CT molecular complexity index is 1130. The van der Waals surface area contributed by atoms with Gasteiger partial charge in [-0.1, -0.05) is 78.9 Å². The second-order valence-corrected chi connectivity index (χ2v) is 8.94. The summed E-state index contributed by atoms with van der Waals surface area (Å²) in [6, 6.07) is 25.9. The van der Waals surface area contributed by atoms with Gasteiger partial charge in [0.05, 0.1) is 12.6 Å². The highest BCUT2D eigenvalue weighted by Crippen LogP contribution is 2.44. The lowest BCUT2D eigenvalue weighted by atomic mass is 9.98. The molecule has 2 amide bonds. The van der Waals surface area contributed by atoms with E-state index in [9.17, 15) is 9.59 Å². The highest BCUT2D eigenvalue weighted by Gasteiger charge is 2.30. The van der Waals surface area contributed by atoms with Crippen LogP contribution >= 0.6 is 0 Å². The van der Waals surface area contributed by atoms with Crippen LogP contribution in [0.25, 0.3) is 11.1 Å². The van der Waals surface area contributed by atoms with Gasteiger partial charge in [-0.15, -0.1) is 0 Å². The van der Waals surface area contributed by atoms with Crippen molar-refractivity contribution in [2.75, 3.05) is 13.2 Å². The number of imide groups is 1. The molecular formula is C28H29N3O4. The molecule has 2 aliphatic rings. The third-order valence-electron chi connectivity index (χ3n) is 6.63. The minimum Gasteiger partial charge on any atom is -0.448 e. The SMILES string of the molecule is O=C(NC(=O)C1CC[C@@H](NOCc2ccccc2)CN1)OCC1c2ccccc2-c2ccccc21. The lowest BCUT2D eigenvalue weighted by Gasteiger charge is -2.29. The number of benzene rings is 3. The van der Waals surface area contributed by atoms with Gasteiger partial charge in [0, 0.05) is 18.5 Å². The van der Waals surface area contributed by atoms with E-state index in [0.717, 1.165) is 34.2 Å². The number of rotatable bonds is 7. The molecule has 7 nitrogen and oxygen atoms in total. The second kappa shape index (κ2) is 10.8. The van der Waals surface area contributed by atoms with Gasteiger partial charge in [-0.2, -0.15) is 5.48 Å². The van der Waals surface area contributed by atoms with Crippen LogP contribution in [0.5, 0.6) is 0 Å². The van der Waals surface area contributed by atoms with Crippen molar-refractivity contribution in [3.8, 4) is 11.1 Å². The molecule has 1 aliphatic carbocycles. The van der Waals surface area contributed by atoms with Crippen molar-refractivity contribution in [1.82, 2.24) is 16.1 Å². The summed E-state index contributed by atoms with van der Waals surface area (Å²) in [5, 5.41) is 5.57. The number of carbonyl (C=O) groups excluding carboxylic acids is 2. The van der Waals surface area contributed by atoms with Crippen LogP contribution in [-0.2, 0) is 21.0 Å². The summed E-state index contributed by atoms with van der Waals surface area (Å²) in [5.41, 5.74) is 8.73. The molecule has 35 heavy (non-hydrogen) atoms. The zero-order valence-corrected chi connectivity index (χ0v) is 19.4. The fourth-order valence-electron chi connectivity index (χ4n) is 4.82. The summed E-state index contributed by atoms with van der Waals surface area (Å²) in [5.74, 6) is -0.412. The molecule has 0 spiro atoms. The van der Waals surface area contributed by atoms with Crippen LogP contribution in [0.1, 0.15) is 35.4 Å². The number of hydrogen-bond donors (Lipinski definition) is 3. The highest BCUT2D eigenvalue weighted by atomic mass is 16.6. The Hall–Kier alpha value is -3.52. The second-order valence-electron chi connectivity index (χ2n) is 8.94. The van der Waals surface area contributed by atoms with Crippen LogP contribution in [0.15, 0.2) is 78.9 Å². The zero-order chi connectivity index (χ0) is 24.0. The molecule has 1 heterocycles. The van der Waals surface area contributed by atoms with Crippen molar-refractivity contribution in [2.24, 2.45) is 0 Å². The van der Waals surface area contributed by atoms with Crippen molar-refractivity contribution in [3.63, 3.8) is 0 Å². The van der Waals surface area contributed by atoms with Crippen LogP contribution in [0.3, 0.4) is 0 Å². The van der Waals surface area contributed by atoms with E-state index < -0.39 is 12.1 Å². The first kappa shape index (κ1) is 23.2. The van der Waals surface area contributed by atoms with Gasteiger partial charge in [-0.25, -0.2) is 4.79 Å². The van der Waals surface area contributed by atoms with E-state index in [1.807, 2.05) is 54.6 Å². The van der Waals surface area contributed by atoms with E-state index in [-0.39, 0.29) is 24.5 Å². The molecule has 1 fully saturated rings. The number of hydroxylamine groups is 1. The Balaban J connectivity index is 1.06. The van der Waals surface area contributed by atoms with E-state index >= 15 is 0 Å². The molecule has 7 heteroatoms. The normalized spacial score (nSPS) is 19.0. The summed E-state index contributed by atoms with van der Waals surface area (Å²) in [6.07, 6.45) is 0.629. The van der Waals surface area contributed by atoms with E-state index in [1.54, 1.807) is 0 Å². The molecule has 0 radical (unpaired) electrons. The summed E-state index contributed by atoms with van der Waals surface area (Å²) >= 11 is 0. The molecular weight excluding hydrogens is 442 g/mol. The molecule has 3 aromatic rings. The molecule has 180 valence electrons. The Kier molecular flexibility index (Phi) is 7.18. The molecule has 2 atom stereocenters. The fraction of sp³-hybridized carbons (Fsp3) is 0.286. The quantitative estimate of drug-likeness (QED) is 0.453. The smallest absolute Gasteiger partial charge is 0.413 e. The van der Waals surface area contributed by atoms with Gasteiger partial charge in [0.25, 0.3) is 0 Å². The minimum absolute atomic E-state index is 0.0428. The van der Waals surface area contributed by atoms with Gasteiger partial charge < -0.3 is 10.1 Å². The van der Waals surface area contributed by atoms with Crippen LogP contribution in [0.4, 0.5) is 4.79 Å². The first-order valence-corrected chi connectivity index (χ1v) is 12.0. The number of fused-ring (bicyclic) bond motifs is 3. The van der Waals surface area contributed by atoms with Gasteiger partial charge in [-0.3, -0.25) is 14.9 Å². The van der Waals surface area contributed by atoms with Crippen LogP contribution in [0, 0.1) is 0 Å². The fourth-order valence-corrected chi connectivity index (χ4v) is 4.82. The highest BCUT2D eigenvalue weighted by molar-refractivity contribution is 5.95. The van der Waals surface area contributed by atoms with Gasteiger partial charge >= 0.3 is 6.09 Å². The molecule has 3 N–H and O–H groups in total. The molecule has 5 rings (SSSR count). The number of amides is 2. The van der Waals surface area contributed by atoms with Crippen molar-refractivity contribution in [3.05, 3.63) is 95.6 Å². The topological polar surface area (TPSA) is 88.7 Å². The number of ether oxygens (including phenoxy) is 1. The third-order valence-corrected chi connectivity index (χ3v) is 6.63. The first-order chi connectivity index (χ1) is 17.2. The van der Waals surface area contributed by atoms with Gasteiger partial charge in [-0.05, 0) is 40.7 Å². The number of nitrogens with one attached hydrogen (secondary N) is 3. The van der Waals surface area contributed by atoms with Crippen LogP contribution in [0.2, 0.25) is 0 Å². The molecule has 0 bridgehead atoms. The number of alkyl carbamates (subject to hydrolysis) is 1. The van der Waals surface area contributed by atoms with E-state index in [0.29, 0.717) is 19.6 Å². The van der Waals surface area contributed by atoms with E-state index in [1.165, 1.54) is 0 Å². The monoisotopic (exact) mass is 471 g/mol. The lowest BCUT2D eigenvalue weighted by molar-refractivity contribution is -0.123. The predicted molar refractivity (Wildman–Crippen MR) is 132 cm³/mol. The Morgan fingerprint density at radius 3 is 2.17 bits per heavy atom. The van der Waals surface area contributed by atoms with Crippen molar-refractivity contribution >= 4 is 12.0 Å². The largest absolute Gasteiger partial charge is 0.448 e. The number of hydrogen-bond acceptors (Lipinski definition) is 6. The van der Waals surface area contributed by atoms with Gasteiger partial charge in [0.15, 0.2) is 0 Å². The van der Waals surface area contributed by atoms with Crippen molar-refractivity contribution < 1.29 is 19.2 Å². The maximum absolute atomic E-state index is 12.6. The van der Waals surface area contributed by atoms with Crippen molar-refractivity contribution in [1.29, 1.82) is 0 Å². The summed E-state index contributed by atoms with van der Waals surface area (Å²) < 4.78 is 5.49. The standard InChI is InChI=1S/C28H29N3O4/c32-27(26-15-14-20(16-29-26)31-35-17-19-8-2-1-3-9-19)30-28(33)34-18-25-23-12-6-4-10-21(23)22-11-5-7-13-24(22)25/h1-13,20,25-26,29,31H,14-18H2,(H,30,32,33)/t20-,26?/m1/s1. The Labute approximate surface area is 204 Å². The summed E-state index contributed by atoms with van der Waals surface area (Å²) in [7, 11) is 0. The molecule has 1 unspecified atom stereocenters.